The molecule has 0 saturated carbocycles. The summed E-state index contributed by atoms with van der Waals surface area (Å²) in [7, 11) is 0. The Morgan fingerprint density at radius 2 is 2.24 bits per heavy atom. The van der Waals surface area contributed by atoms with Crippen LogP contribution in [0.4, 0.5) is 0 Å². The van der Waals surface area contributed by atoms with Gasteiger partial charge in [0.25, 0.3) is 0 Å². The normalized spacial score (nSPS) is 12.4. The smallest absolute Gasteiger partial charge is 0.335 e. The summed E-state index contributed by atoms with van der Waals surface area (Å²) in [6.07, 6.45) is 0.00318. The van der Waals surface area contributed by atoms with Gasteiger partial charge in [0.05, 0.1) is 24.9 Å². The van der Waals surface area contributed by atoms with Crippen molar-refractivity contribution in [3.05, 3.63) is 35.4 Å². The van der Waals surface area contributed by atoms with Crippen LogP contribution in [-0.4, -0.2) is 30.4 Å². The Morgan fingerprint density at radius 3 is 2.88 bits per heavy atom. The molecule has 0 amide bonds. The summed E-state index contributed by atoms with van der Waals surface area (Å²) in [5.74, 6) is -0.922. The van der Waals surface area contributed by atoms with Crippen molar-refractivity contribution in [3.8, 4) is 0 Å². The SMILES string of the molecule is CCOCC(C)OCc1cccc(C(=O)O)c1. The summed E-state index contributed by atoms with van der Waals surface area (Å²) < 4.78 is 10.8. The minimum Gasteiger partial charge on any atom is -0.478 e. The summed E-state index contributed by atoms with van der Waals surface area (Å²) in [6.45, 7) is 5.48. The third-order valence-corrected chi connectivity index (χ3v) is 2.27. The van der Waals surface area contributed by atoms with Crippen LogP contribution in [0.1, 0.15) is 29.8 Å². The molecule has 1 N–H and O–H groups in total. The van der Waals surface area contributed by atoms with E-state index in [1.54, 1.807) is 18.2 Å². The van der Waals surface area contributed by atoms with E-state index in [4.69, 9.17) is 14.6 Å². The summed E-state index contributed by atoms with van der Waals surface area (Å²) in [5, 5.41) is 8.84. The maximum atomic E-state index is 10.8. The number of carboxylic acid groups (broad SMARTS) is 1. The number of carboxylic acids is 1. The Morgan fingerprint density at radius 1 is 1.47 bits per heavy atom. The molecule has 0 aromatic heterocycles. The first kappa shape index (κ1) is 13.7. The second kappa shape index (κ2) is 7.04. The Bertz CT molecular complexity index is 362. The molecule has 0 bridgehead atoms. The van der Waals surface area contributed by atoms with Gasteiger partial charge in [0, 0.05) is 6.61 Å². The predicted octanol–water partition coefficient (Wildman–Crippen LogP) is 2.33. The highest BCUT2D eigenvalue weighted by Crippen LogP contribution is 2.08. The molecular weight excluding hydrogens is 220 g/mol. The molecule has 1 aromatic rings. The van der Waals surface area contributed by atoms with Gasteiger partial charge in [0.1, 0.15) is 0 Å². The van der Waals surface area contributed by atoms with E-state index in [2.05, 4.69) is 0 Å². The molecule has 94 valence electrons. The molecule has 0 aliphatic carbocycles. The lowest BCUT2D eigenvalue weighted by Crippen LogP contribution is -2.15. The average molecular weight is 238 g/mol. The molecule has 0 spiro atoms. The molecule has 0 aliphatic rings. The molecule has 0 saturated heterocycles. The highest BCUT2D eigenvalue weighted by Gasteiger charge is 2.05. The van der Waals surface area contributed by atoms with E-state index in [9.17, 15) is 4.79 Å². The van der Waals surface area contributed by atoms with Crippen LogP contribution in [0.3, 0.4) is 0 Å². The van der Waals surface area contributed by atoms with Gasteiger partial charge in [-0.2, -0.15) is 0 Å². The third kappa shape index (κ3) is 4.97. The van der Waals surface area contributed by atoms with E-state index in [0.29, 0.717) is 19.8 Å². The van der Waals surface area contributed by atoms with Crippen LogP contribution in [0, 0.1) is 0 Å². The van der Waals surface area contributed by atoms with Crippen LogP contribution < -0.4 is 0 Å². The van der Waals surface area contributed by atoms with Gasteiger partial charge in [-0.25, -0.2) is 4.79 Å². The summed E-state index contributed by atoms with van der Waals surface area (Å²) in [4.78, 5) is 10.8. The molecule has 1 atom stereocenters. The molecule has 1 unspecified atom stereocenters. The van der Waals surface area contributed by atoms with Crippen LogP contribution in [0.15, 0.2) is 24.3 Å². The van der Waals surface area contributed by atoms with Crippen molar-refractivity contribution in [2.45, 2.75) is 26.6 Å². The molecule has 0 heterocycles. The fourth-order valence-electron chi connectivity index (χ4n) is 1.36. The number of aromatic carboxylic acids is 1. The molecule has 4 nitrogen and oxygen atoms in total. The van der Waals surface area contributed by atoms with Gasteiger partial charge in [-0.05, 0) is 31.5 Å². The zero-order valence-electron chi connectivity index (χ0n) is 10.2. The van der Waals surface area contributed by atoms with Crippen molar-refractivity contribution in [3.63, 3.8) is 0 Å². The Kier molecular flexibility index (Phi) is 5.66. The number of hydrogen-bond donors (Lipinski definition) is 1. The molecule has 0 radical (unpaired) electrons. The van der Waals surface area contributed by atoms with Gasteiger partial charge in [0.15, 0.2) is 0 Å². The van der Waals surface area contributed by atoms with Gasteiger partial charge in [-0.1, -0.05) is 12.1 Å². The molecule has 0 aliphatic heterocycles. The zero-order chi connectivity index (χ0) is 12.7. The fourth-order valence-corrected chi connectivity index (χ4v) is 1.36. The first-order chi connectivity index (χ1) is 8.13. The number of benzene rings is 1. The zero-order valence-corrected chi connectivity index (χ0v) is 10.2. The second-order valence-corrected chi connectivity index (χ2v) is 3.79. The molecule has 0 fully saturated rings. The van der Waals surface area contributed by atoms with Crippen molar-refractivity contribution < 1.29 is 19.4 Å². The summed E-state index contributed by atoms with van der Waals surface area (Å²) >= 11 is 0. The van der Waals surface area contributed by atoms with Crippen molar-refractivity contribution in [1.82, 2.24) is 0 Å². The largest absolute Gasteiger partial charge is 0.478 e. The van der Waals surface area contributed by atoms with Crippen molar-refractivity contribution >= 4 is 5.97 Å². The minimum atomic E-state index is -0.922. The number of ether oxygens (including phenoxy) is 2. The lowest BCUT2D eigenvalue weighted by molar-refractivity contribution is -0.0116. The van der Waals surface area contributed by atoms with Crippen molar-refractivity contribution in [2.75, 3.05) is 13.2 Å². The van der Waals surface area contributed by atoms with Gasteiger partial charge < -0.3 is 14.6 Å². The first-order valence-corrected chi connectivity index (χ1v) is 5.65. The van der Waals surface area contributed by atoms with E-state index in [1.165, 1.54) is 0 Å². The van der Waals surface area contributed by atoms with Crippen LogP contribution in [-0.2, 0) is 16.1 Å². The minimum absolute atomic E-state index is 0.00318. The number of hydrogen-bond acceptors (Lipinski definition) is 3. The van der Waals surface area contributed by atoms with Gasteiger partial charge in [0.2, 0.25) is 0 Å². The highest BCUT2D eigenvalue weighted by atomic mass is 16.5. The van der Waals surface area contributed by atoms with E-state index in [1.807, 2.05) is 19.9 Å². The van der Waals surface area contributed by atoms with Crippen LogP contribution in [0.5, 0.6) is 0 Å². The van der Waals surface area contributed by atoms with Crippen LogP contribution >= 0.6 is 0 Å². The maximum absolute atomic E-state index is 10.8. The summed E-state index contributed by atoms with van der Waals surface area (Å²) in [6, 6.07) is 6.75. The average Bonchev–Trinajstić information content (AvgIpc) is 2.34. The monoisotopic (exact) mass is 238 g/mol. The third-order valence-electron chi connectivity index (χ3n) is 2.27. The lowest BCUT2D eigenvalue weighted by Gasteiger charge is -2.13. The molecule has 1 aromatic carbocycles. The highest BCUT2D eigenvalue weighted by molar-refractivity contribution is 5.87. The second-order valence-electron chi connectivity index (χ2n) is 3.79. The quantitative estimate of drug-likeness (QED) is 0.792. The molecule has 1 rings (SSSR count). The van der Waals surface area contributed by atoms with Crippen LogP contribution in [0.25, 0.3) is 0 Å². The standard InChI is InChI=1S/C13H18O4/c1-3-16-8-10(2)17-9-11-5-4-6-12(7-11)13(14)15/h4-7,10H,3,8-9H2,1-2H3,(H,14,15). The Balaban J connectivity index is 2.46. The van der Waals surface area contributed by atoms with Crippen molar-refractivity contribution in [1.29, 1.82) is 0 Å². The first-order valence-electron chi connectivity index (χ1n) is 5.65. The summed E-state index contributed by atoms with van der Waals surface area (Å²) in [5.41, 5.74) is 1.14. The topological polar surface area (TPSA) is 55.8 Å². The van der Waals surface area contributed by atoms with E-state index < -0.39 is 5.97 Å². The predicted molar refractivity (Wildman–Crippen MR) is 64.1 cm³/mol. The van der Waals surface area contributed by atoms with E-state index in [0.717, 1.165) is 5.56 Å². The maximum Gasteiger partial charge on any atom is 0.335 e. The Labute approximate surface area is 101 Å². The van der Waals surface area contributed by atoms with Gasteiger partial charge in [-0.15, -0.1) is 0 Å². The number of rotatable bonds is 7. The van der Waals surface area contributed by atoms with Gasteiger partial charge >= 0.3 is 5.97 Å². The lowest BCUT2D eigenvalue weighted by atomic mass is 10.1. The van der Waals surface area contributed by atoms with E-state index >= 15 is 0 Å². The molecule has 17 heavy (non-hydrogen) atoms. The molecule has 4 heteroatoms. The molecular formula is C13H18O4. The number of carbonyl (C=O) groups is 1. The van der Waals surface area contributed by atoms with Crippen LogP contribution in [0.2, 0.25) is 0 Å². The van der Waals surface area contributed by atoms with E-state index in [-0.39, 0.29) is 11.7 Å². The Hall–Kier alpha value is -1.39. The van der Waals surface area contributed by atoms with Gasteiger partial charge in [-0.3, -0.25) is 0 Å². The fraction of sp³-hybridized carbons (Fsp3) is 0.462. The van der Waals surface area contributed by atoms with Crippen molar-refractivity contribution in [2.24, 2.45) is 0 Å².